The highest BCUT2D eigenvalue weighted by Gasteiger charge is 2.08. The minimum atomic E-state index is 0.479. The number of nitrogens with one attached hydrogen (secondary N) is 2. The smallest absolute Gasteiger partial charge is 0.175 e. The molecule has 0 unspecified atom stereocenters. The van der Waals surface area contributed by atoms with Crippen LogP contribution in [0, 0.1) is 6.92 Å². The first-order valence-corrected chi connectivity index (χ1v) is 10.9. The summed E-state index contributed by atoms with van der Waals surface area (Å²) in [7, 11) is 0. The second-order valence-electron chi connectivity index (χ2n) is 6.27. The van der Waals surface area contributed by atoms with Gasteiger partial charge in [0.2, 0.25) is 0 Å². The van der Waals surface area contributed by atoms with E-state index in [2.05, 4.69) is 51.7 Å². The molecule has 4 aromatic rings. The molecule has 0 amide bonds. The van der Waals surface area contributed by atoms with Crippen molar-refractivity contribution in [1.82, 2.24) is 4.98 Å². The second-order valence-corrected chi connectivity index (χ2v) is 9.03. The molecule has 0 radical (unpaired) electrons. The zero-order valence-corrected chi connectivity index (χ0v) is 18.8. The first-order valence-electron chi connectivity index (χ1n) is 8.48. The molecule has 3 nitrogen and oxygen atoms in total. The van der Waals surface area contributed by atoms with E-state index in [9.17, 15) is 0 Å². The number of hydrogen-bond acceptors (Lipinski definition) is 3. The van der Waals surface area contributed by atoms with E-state index in [0.717, 1.165) is 31.9 Å². The van der Waals surface area contributed by atoms with Crippen molar-refractivity contribution < 1.29 is 0 Å². The molecule has 1 heterocycles. The lowest BCUT2D eigenvalue weighted by atomic mass is 10.2. The number of thiazole rings is 1. The van der Waals surface area contributed by atoms with E-state index < -0.39 is 0 Å². The molecule has 0 saturated carbocycles. The van der Waals surface area contributed by atoms with E-state index in [1.54, 1.807) is 11.3 Å². The van der Waals surface area contributed by atoms with Crippen LogP contribution in [-0.2, 0) is 0 Å². The molecule has 0 aliphatic carbocycles. The average molecular weight is 489 g/mol. The van der Waals surface area contributed by atoms with Crippen LogP contribution in [-0.4, -0.2) is 10.1 Å². The van der Waals surface area contributed by atoms with Crippen LogP contribution in [0.1, 0.15) is 5.56 Å². The number of thiocarbonyl (C=S) groups is 1. The third-order valence-electron chi connectivity index (χ3n) is 4.11. The largest absolute Gasteiger partial charge is 0.332 e. The molecule has 3 aromatic carbocycles. The van der Waals surface area contributed by atoms with E-state index >= 15 is 0 Å². The molecule has 0 aliphatic rings. The molecule has 0 fully saturated rings. The average Bonchev–Trinajstić information content (AvgIpc) is 3.08. The number of anilines is 2. The number of halogens is 2. The Labute approximate surface area is 185 Å². The summed E-state index contributed by atoms with van der Waals surface area (Å²) in [6.07, 6.45) is 0. The third kappa shape index (κ3) is 4.36. The highest BCUT2D eigenvalue weighted by molar-refractivity contribution is 9.10. The van der Waals surface area contributed by atoms with Crippen molar-refractivity contribution in [2.75, 3.05) is 10.6 Å². The Morgan fingerprint density at radius 2 is 1.82 bits per heavy atom. The lowest BCUT2D eigenvalue weighted by Crippen LogP contribution is -2.19. The molecule has 0 spiro atoms. The van der Waals surface area contributed by atoms with Crippen LogP contribution in [0.15, 0.2) is 65.1 Å². The summed E-state index contributed by atoms with van der Waals surface area (Å²) in [5, 5.41) is 8.38. The van der Waals surface area contributed by atoms with Crippen LogP contribution in [0.2, 0.25) is 5.02 Å². The van der Waals surface area contributed by atoms with Crippen molar-refractivity contribution in [3.05, 3.63) is 75.7 Å². The standard InChI is InChI=1S/C21H15BrClN3S2/c1-12-2-8-18-19(10-12)28-20(25-18)13-3-6-15(7-4-13)24-21(27)26-17-9-5-14(22)11-16(17)23/h2-11H,1H3,(H2,24,26,27). The zero-order valence-electron chi connectivity index (χ0n) is 14.8. The molecule has 140 valence electrons. The number of rotatable bonds is 3. The summed E-state index contributed by atoms with van der Waals surface area (Å²) >= 11 is 16.7. The molecule has 0 bridgehead atoms. The van der Waals surface area contributed by atoms with Crippen LogP contribution in [0.25, 0.3) is 20.8 Å². The molecule has 28 heavy (non-hydrogen) atoms. The summed E-state index contributed by atoms with van der Waals surface area (Å²) < 4.78 is 2.12. The van der Waals surface area contributed by atoms with Gasteiger partial charge in [0.05, 0.1) is 20.9 Å². The van der Waals surface area contributed by atoms with Gasteiger partial charge in [-0.15, -0.1) is 11.3 Å². The van der Waals surface area contributed by atoms with Crippen molar-refractivity contribution in [3.8, 4) is 10.6 Å². The number of benzene rings is 3. The Morgan fingerprint density at radius 1 is 1.04 bits per heavy atom. The lowest BCUT2D eigenvalue weighted by Gasteiger charge is -2.12. The van der Waals surface area contributed by atoms with Crippen LogP contribution in [0.3, 0.4) is 0 Å². The first kappa shape index (κ1) is 19.3. The van der Waals surface area contributed by atoms with E-state index in [0.29, 0.717) is 10.1 Å². The summed E-state index contributed by atoms with van der Waals surface area (Å²) in [6.45, 7) is 2.09. The summed E-state index contributed by atoms with van der Waals surface area (Å²) in [4.78, 5) is 4.73. The fourth-order valence-electron chi connectivity index (χ4n) is 2.73. The van der Waals surface area contributed by atoms with Gasteiger partial charge in [0.15, 0.2) is 5.11 Å². The van der Waals surface area contributed by atoms with Gasteiger partial charge in [-0.05, 0) is 79.3 Å². The van der Waals surface area contributed by atoms with Crippen LogP contribution in [0.4, 0.5) is 11.4 Å². The van der Waals surface area contributed by atoms with E-state index in [1.165, 1.54) is 10.3 Å². The maximum absolute atomic E-state index is 6.22. The van der Waals surface area contributed by atoms with Gasteiger partial charge in [0.25, 0.3) is 0 Å². The van der Waals surface area contributed by atoms with Gasteiger partial charge in [-0.2, -0.15) is 0 Å². The Balaban J connectivity index is 1.47. The quantitative estimate of drug-likeness (QED) is 0.293. The molecular formula is C21H15BrClN3S2. The molecule has 2 N–H and O–H groups in total. The first-order chi connectivity index (χ1) is 13.5. The Morgan fingerprint density at radius 3 is 2.57 bits per heavy atom. The Kier molecular flexibility index (Phi) is 5.64. The summed E-state index contributed by atoms with van der Waals surface area (Å²) in [6, 6.07) is 20.0. The number of nitrogens with zero attached hydrogens (tertiary/aromatic N) is 1. The number of fused-ring (bicyclic) bond motifs is 1. The van der Waals surface area contributed by atoms with Gasteiger partial charge in [0.1, 0.15) is 5.01 Å². The lowest BCUT2D eigenvalue weighted by molar-refractivity contribution is 1.45. The van der Waals surface area contributed by atoms with Crippen LogP contribution >= 0.6 is 51.1 Å². The topological polar surface area (TPSA) is 37.0 Å². The van der Waals surface area contributed by atoms with Gasteiger partial charge in [-0.25, -0.2) is 4.98 Å². The maximum Gasteiger partial charge on any atom is 0.175 e. The summed E-state index contributed by atoms with van der Waals surface area (Å²) in [5.41, 5.74) is 5.01. The molecule has 0 saturated heterocycles. The maximum atomic E-state index is 6.22. The monoisotopic (exact) mass is 487 g/mol. The van der Waals surface area contributed by atoms with Crippen LogP contribution in [0.5, 0.6) is 0 Å². The molecule has 7 heteroatoms. The van der Waals surface area contributed by atoms with Crippen molar-refractivity contribution in [1.29, 1.82) is 0 Å². The minimum Gasteiger partial charge on any atom is -0.332 e. The van der Waals surface area contributed by atoms with Gasteiger partial charge >= 0.3 is 0 Å². The SMILES string of the molecule is Cc1ccc2nc(-c3ccc(NC(=S)Nc4ccc(Br)cc4Cl)cc3)sc2c1. The number of hydrogen-bond donors (Lipinski definition) is 2. The normalized spacial score (nSPS) is 10.8. The zero-order chi connectivity index (χ0) is 19.7. The van der Waals surface area contributed by atoms with Crippen molar-refractivity contribution >= 4 is 77.8 Å². The highest BCUT2D eigenvalue weighted by atomic mass is 79.9. The molecule has 0 aliphatic heterocycles. The van der Waals surface area contributed by atoms with E-state index in [4.69, 9.17) is 28.8 Å². The van der Waals surface area contributed by atoms with Gasteiger partial charge in [-0.3, -0.25) is 0 Å². The fraction of sp³-hybridized carbons (Fsp3) is 0.0476. The van der Waals surface area contributed by atoms with Gasteiger partial charge in [0, 0.05) is 15.7 Å². The second kappa shape index (κ2) is 8.17. The summed E-state index contributed by atoms with van der Waals surface area (Å²) in [5.74, 6) is 0. The minimum absolute atomic E-state index is 0.479. The van der Waals surface area contributed by atoms with Gasteiger partial charge < -0.3 is 10.6 Å². The van der Waals surface area contributed by atoms with Crippen molar-refractivity contribution in [2.45, 2.75) is 6.92 Å². The Hall–Kier alpha value is -1.99. The molecule has 4 rings (SSSR count). The molecular weight excluding hydrogens is 474 g/mol. The predicted molar refractivity (Wildman–Crippen MR) is 129 cm³/mol. The van der Waals surface area contributed by atoms with E-state index in [1.807, 2.05) is 42.5 Å². The van der Waals surface area contributed by atoms with Crippen molar-refractivity contribution in [3.63, 3.8) is 0 Å². The third-order valence-corrected chi connectivity index (χ3v) is 6.19. The highest BCUT2D eigenvalue weighted by Crippen LogP contribution is 2.31. The number of aryl methyl sites for hydroxylation is 1. The molecule has 1 aromatic heterocycles. The number of aromatic nitrogens is 1. The molecule has 0 atom stereocenters. The van der Waals surface area contributed by atoms with Gasteiger partial charge in [-0.1, -0.05) is 33.6 Å². The van der Waals surface area contributed by atoms with Crippen molar-refractivity contribution in [2.24, 2.45) is 0 Å². The van der Waals surface area contributed by atoms with E-state index in [-0.39, 0.29) is 0 Å². The Bertz CT molecular complexity index is 1170. The predicted octanol–water partition coefficient (Wildman–Crippen LogP) is 7.50. The van der Waals surface area contributed by atoms with Crippen LogP contribution < -0.4 is 10.6 Å². The fourth-order valence-corrected chi connectivity index (χ4v) is 4.74.